The van der Waals surface area contributed by atoms with Crippen LogP contribution in [0.25, 0.3) is 0 Å². The first-order valence-electron chi connectivity index (χ1n) is 7.09. The van der Waals surface area contributed by atoms with Gasteiger partial charge in [0.05, 0.1) is 7.11 Å². The minimum absolute atomic E-state index is 0.126. The monoisotopic (exact) mass is 287 g/mol. The molecule has 5 heteroatoms. The lowest BCUT2D eigenvalue weighted by atomic mass is 10.1. The number of amides is 1. The molecule has 0 aliphatic rings. The molecular formula is C16H21N3O2. The topological polar surface area (TPSA) is 56.2 Å². The van der Waals surface area contributed by atoms with E-state index in [0.717, 1.165) is 30.0 Å². The molecule has 2 aromatic rings. The third kappa shape index (κ3) is 3.84. The summed E-state index contributed by atoms with van der Waals surface area (Å²) in [7, 11) is 1.65. The molecule has 0 saturated heterocycles. The number of aryl methyl sites for hydroxylation is 2. The first-order valence-corrected chi connectivity index (χ1v) is 7.09. The smallest absolute Gasteiger partial charge is 0.271 e. The Bertz CT molecular complexity index is 602. The van der Waals surface area contributed by atoms with Crippen molar-refractivity contribution in [3.05, 3.63) is 47.3 Å². The van der Waals surface area contributed by atoms with Crippen LogP contribution in [0.1, 0.15) is 28.7 Å². The summed E-state index contributed by atoms with van der Waals surface area (Å²) in [5, 5.41) is 7.16. The van der Waals surface area contributed by atoms with Gasteiger partial charge in [-0.05, 0) is 44.0 Å². The maximum atomic E-state index is 12.0. The number of carbonyl (C=O) groups is 1. The summed E-state index contributed by atoms with van der Waals surface area (Å²) in [6.07, 6.45) is 0.781. The van der Waals surface area contributed by atoms with Crippen LogP contribution in [0.15, 0.2) is 30.3 Å². The Morgan fingerprint density at radius 2 is 2.05 bits per heavy atom. The van der Waals surface area contributed by atoms with Gasteiger partial charge in [-0.2, -0.15) is 5.10 Å². The molecule has 0 unspecified atom stereocenters. The fraction of sp³-hybridized carbons (Fsp3) is 0.375. The summed E-state index contributed by atoms with van der Waals surface area (Å²) >= 11 is 0. The van der Waals surface area contributed by atoms with Crippen molar-refractivity contribution < 1.29 is 9.53 Å². The number of aromatic nitrogens is 2. The Morgan fingerprint density at radius 3 is 2.62 bits per heavy atom. The molecule has 1 N–H and O–H groups in total. The van der Waals surface area contributed by atoms with Gasteiger partial charge < -0.3 is 10.1 Å². The van der Waals surface area contributed by atoms with E-state index >= 15 is 0 Å². The second kappa shape index (κ2) is 6.92. The third-order valence-electron chi connectivity index (χ3n) is 3.37. The molecule has 112 valence electrons. The highest BCUT2D eigenvalue weighted by molar-refractivity contribution is 5.92. The third-order valence-corrected chi connectivity index (χ3v) is 3.37. The maximum absolute atomic E-state index is 12.0. The Morgan fingerprint density at radius 1 is 1.33 bits per heavy atom. The molecule has 1 heterocycles. The molecule has 0 aliphatic carbocycles. The highest BCUT2D eigenvalue weighted by atomic mass is 16.5. The van der Waals surface area contributed by atoms with E-state index in [1.54, 1.807) is 7.11 Å². The van der Waals surface area contributed by atoms with E-state index in [0.29, 0.717) is 12.2 Å². The van der Waals surface area contributed by atoms with Gasteiger partial charge in [-0.15, -0.1) is 0 Å². The summed E-state index contributed by atoms with van der Waals surface area (Å²) in [6.45, 7) is 5.31. The number of methoxy groups -OCH3 is 1. The standard InChI is InChI=1S/C16H21N3O2/c1-4-19-12(2)11-15(18-19)16(20)17-10-9-13-5-7-14(21-3)8-6-13/h5-8,11H,4,9-10H2,1-3H3,(H,17,20). The Labute approximate surface area is 124 Å². The normalized spacial score (nSPS) is 10.4. The number of nitrogens with one attached hydrogen (secondary N) is 1. The Hall–Kier alpha value is -2.30. The van der Waals surface area contributed by atoms with Gasteiger partial charge in [0.1, 0.15) is 11.4 Å². The van der Waals surface area contributed by atoms with Gasteiger partial charge in [-0.25, -0.2) is 0 Å². The SMILES string of the molecule is CCn1nc(C(=O)NCCc2ccc(OC)cc2)cc1C. The highest BCUT2D eigenvalue weighted by Gasteiger charge is 2.10. The van der Waals surface area contributed by atoms with E-state index in [-0.39, 0.29) is 5.91 Å². The van der Waals surface area contributed by atoms with Gasteiger partial charge in [-0.3, -0.25) is 9.48 Å². The van der Waals surface area contributed by atoms with Crippen LogP contribution >= 0.6 is 0 Å². The van der Waals surface area contributed by atoms with E-state index in [9.17, 15) is 4.79 Å². The van der Waals surface area contributed by atoms with E-state index in [1.165, 1.54) is 0 Å². The van der Waals surface area contributed by atoms with Crippen molar-refractivity contribution in [3.63, 3.8) is 0 Å². The van der Waals surface area contributed by atoms with Crippen LogP contribution in [0, 0.1) is 6.92 Å². The quantitative estimate of drug-likeness (QED) is 0.886. The van der Waals surface area contributed by atoms with Crippen molar-refractivity contribution in [3.8, 4) is 5.75 Å². The Balaban J connectivity index is 1.85. The second-order valence-corrected chi connectivity index (χ2v) is 4.84. The van der Waals surface area contributed by atoms with Gasteiger partial charge in [0.25, 0.3) is 5.91 Å². The van der Waals surface area contributed by atoms with Crippen LogP contribution in [-0.2, 0) is 13.0 Å². The number of hydrogen-bond acceptors (Lipinski definition) is 3. The van der Waals surface area contributed by atoms with Gasteiger partial charge in [0.15, 0.2) is 0 Å². The lowest BCUT2D eigenvalue weighted by molar-refractivity contribution is 0.0948. The average molecular weight is 287 g/mol. The molecule has 1 aromatic carbocycles. The van der Waals surface area contributed by atoms with Crippen LogP contribution < -0.4 is 10.1 Å². The largest absolute Gasteiger partial charge is 0.497 e. The van der Waals surface area contributed by atoms with Crippen molar-refractivity contribution in [2.75, 3.05) is 13.7 Å². The van der Waals surface area contributed by atoms with E-state index in [2.05, 4.69) is 10.4 Å². The molecule has 0 fully saturated rings. The molecule has 2 rings (SSSR count). The molecule has 21 heavy (non-hydrogen) atoms. The molecule has 1 aromatic heterocycles. The lowest BCUT2D eigenvalue weighted by Gasteiger charge is -2.05. The maximum Gasteiger partial charge on any atom is 0.271 e. The summed E-state index contributed by atoms with van der Waals surface area (Å²) in [5.74, 6) is 0.710. The lowest BCUT2D eigenvalue weighted by Crippen LogP contribution is -2.26. The van der Waals surface area contributed by atoms with Crippen LogP contribution in [0.2, 0.25) is 0 Å². The zero-order valence-electron chi connectivity index (χ0n) is 12.7. The summed E-state index contributed by atoms with van der Waals surface area (Å²) in [6, 6.07) is 9.65. The molecular weight excluding hydrogens is 266 g/mol. The average Bonchev–Trinajstić information content (AvgIpc) is 2.89. The van der Waals surface area contributed by atoms with Crippen LogP contribution in [0.4, 0.5) is 0 Å². The molecule has 1 amide bonds. The zero-order valence-corrected chi connectivity index (χ0v) is 12.7. The fourth-order valence-corrected chi connectivity index (χ4v) is 2.14. The first-order chi connectivity index (χ1) is 10.1. The highest BCUT2D eigenvalue weighted by Crippen LogP contribution is 2.11. The van der Waals surface area contributed by atoms with Crippen LogP contribution in [0.3, 0.4) is 0 Å². The summed E-state index contributed by atoms with van der Waals surface area (Å²) in [4.78, 5) is 12.0. The number of carbonyl (C=O) groups excluding carboxylic acids is 1. The van der Waals surface area contributed by atoms with E-state index < -0.39 is 0 Å². The Kier molecular flexibility index (Phi) is 4.98. The van der Waals surface area contributed by atoms with Gasteiger partial charge in [0, 0.05) is 18.8 Å². The molecule has 0 atom stereocenters. The molecule has 5 nitrogen and oxygen atoms in total. The van der Waals surface area contributed by atoms with Crippen molar-refractivity contribution in [2.45, 2.75) is 26.8 Å². The second-order valence-electron chi connectivity index (χ2n) is 4.84. The van der Waals surface area contributed by atoms with Crippen LogP contribution in [-0.4, -0.2) is 29.3 Å². The van der Waals surface area contributed by atoms with E-state index in [4.69, 9.17) is 4.74 Å². The molecule has 0 radical (unpaired) electrons. The zero-order chi connectivity index (χ0) is 15.2. The minimum atomic E-state index is -0.126. The molecule has 0 bridgehead atoms. The summed E-state index contributed by atoms with van der Waals surface area (Å²) in [5.41, 5.74) is 2.63. The fourth-order valence-electron chi connectivity index (χ4n) is 2.14. The minimum Gasteiger partial charge on any atom is -0.497 e. The van der Waals surface area contributed by atoms with Gasteiger partial charge in [0.2, 0.25) is 0 Å². The van der Waals surface area contributed by atoms with Gasteiger partial charge >= 0.3 is 0 Å². The molecule has 0 aliphatic heterocycles. The number of benzene rings is 1. The molecule has 0 saturated carbocycles. The number of ether oxygens (including phenoxy) is 1. The number of rotatable bonds is 6. The number of nitrogens with zero attached hydrogens (tertiary/aromatic N) is 2. The van der Waals surface area contributed by atoms with Gasteiger partial charge in [-0.1, -0.05) is 12.1 Å². The number of hydrogen-bond donors (Lipinski definition) is 1. The van der Waals surface area contributed by atoms with Crippen molar-refractivity contribution in [1.29, 1.82) is 0 Å². The van der Waals surface area contributed by atoms with E-state index in [1.807, 2.05) is 48.9 Å². The summed E-state index contributed by atoms with van der Waals surface area (Å²) < 4.78 is 6.93. The molecule has 0 spiro atoms. The van der Waals surface area contributed by atoms with Crippen LogP contribution in [0.5, 0.6) is 5.75 Å². The predicted molar refractivity (Wildman–Crippen MR) is 81.7 cm³/mol. The van der Waals surface area contributed by atoms with Crippen molar-refractivity contribution >= 4 is 5.91 Å². The predicted octanol–water partition coefficient (Wildman–Crippen LogP) is 2.19. The first kappa shape index (κ1) is 15.1. The van der Waals surface area contributed by atoms with Crippen molar-refractivity contribution in [1.82, 2.24) is 15.1 Å². The van der Waals surface area contributed by atoms with Crippen molar-refractivity contribution in [2.24, 2.45) is 0 Å².